The number of aromatic hydroxyl groups is 1. The molecule has 210 valence electrons. The summed E-state index contributed by atoms with van der Waals surface area (Å²) in [6, 6.07) is 22.1. The molecule has 1 aliphatic heterocycles. The molecule has 4 rings (SSSR count). The molecule has 3 aromatic carbocycles. The average molecular weight is 538 g/mol. The van der Waals surface area contributed by atoms with Gasteiger partial charge in [-0.3, -0.25) is 4.90 Å². The van der Waals surface area contributed by atoms with Gasteiger partial charge in [0.25, 0.3) is 0 Å². The number of nitrogens with zero attached hydrogens (tertiary/aromatic N) is 1. The number of phenols is 1. The number of rotatable bonds is 13. The van der Waals surface area contributed by atoms with E-state index in [9.17, 15) is 10.2 Å². The lowest BCUT2D eigenvalue weighted by atomic mass is 10.0. The number of methoxy groups -OCH3 is 2. The maximum Gasteiger partial charge on any atom is 0.124 e. The molecule has 1 saturated heterocycles. The molecule has 0 saturated carbocycles. The SMILES string of the molecule is COc1ccccc1COC[C@@H]1CN([C@@H](C)[C@@H](O)c2ccc(O)cc2)C[C@@H](COCc2ccccc2OC)O1. The number of aliphatic hydroxyl groups excluding tert-OH is 1. The van der Waals surface area contributed by atoms with Gasteiger partial charge in [0, 0.05) is 30.3 Å². The normalized spacial score (nSPS) is 19.4. The number of ether oxygens (including phenoxy) is 5. The quantitative estimate of drug-likeness (QED) is 0.333. The highest BCUT2D eigenvalue weighted by atomic mass is 16.6. The highest BCUT2D eigenvalue weighted by Gasteiger charge is 2.33. The largest absolute Gasteiger partial charge is 0.508 e. The van der Waals surface area contributed by atoms with Crippen LogP contribution < -0.4 is 9.47 Å². The van der Waals surface area contributed by atoms with Crippen molar-refractivity contribution in [1.29, 1.82) is 0 Å². The van der Waals surface area contributed by atoms with Crippen molar-refractivity contribution in [2.24, 2.45) is 0 Å². The van der Waals surface area contributed by atoms with Crippen LogP contribution in [0.25, 0.3) is 0 Å². The van der Waals surface area contributed by atoms with Gasteiger partial charge < -0.3 is 33.9 Å². The van der Waals surface area contributed by atoms with Crippen LogP contribution in [0.3, 0.4) is 0 Å². The van der Waals surface area contributed by atoms with Crippen LogP contribution in [-0.4, -0.2) is 73.9 Å². The molecule has 0 bridgehead atoms. The number of benzene rings is 3. The first-order valence-corrected chi connectivity index (χ1v) is 13.2. The second kappa shape index (κ2) is 14.3. The van der Waals surface area contributed by atoms with Crippen LogP contribution >= 0.6 is 0 Å². The van der Waals surface area contributed by atoms with E-state index in [-0.39, 0.29) is 24.0 Å². The van der Waals surface area contributed by atoms with E-state index in [4.69, 9.17) is 23.7 Å². The number of morpholine rings is 1. The summed E-state index contributed by atoms with van der Waals surface area (Å²) in [5, 5.41) is 20.8. The Labute approximate surface area is 230 Å². The van der Waals surface area contributed by atoms with Gasteiger partial charge in [-0.25, -0.2) is 0 Å². The molecule has 0 aliphatic carbocycles. The summed E-state index contributed by atoms with van der Waals surface area (Å²) in [5.74, 6) is 1.75. The second-order valence-electron chi connectivity index (χ2n) is 9.76. The molecule has 0 aromatic heterocycles. The van der Waals surface area contributed by atoms with Crippen molar-refractivity contribution in [2.45, 2.75) is 44.5 Å². The zero-order valence-corrected chi connectivity index (χ0v) is 22.9. The molecule has 1 fully saturated rings. The molecule has 1 aliphatic rings. The lowest BCUT2D eigenvalue weighted by Crippen LogP contribution is -2.54. The molecular weight excluding hydrogens is 498 g/mol. The molecule has 0 spiro atoms. The Morgan fingerprint density at radius 3 is 1.77 bits per heavy atom. The maximum atomic E-state index is 11.1. The first-order chi connectivity index (χ1) is 19.0. The molecule has 39 heavy (non-hydrogen) atoms. The number of hydrogen-bond donors (Lipinski definition) is 2. The average Bonchev–Trinajstić information content (AvgIpc) is 2.97. The van der Waals surface area contributed by atoms with Gasteiger partial charge >= 0.3 is 0 Å². The van der Waals surface area contributed by atoms with Gasteiger partial charge in [0.2, 0.25) is 0 Å². The molecule has 4 atom stereocenters. The van der Waals surface area contributed by atoms with Crippen molar-refractivity contribution in [1.82, 2.24) is 4.90 Å². The topological polar surface area (TPSA) is 89.9 Å². The summed E-state index contributed by atoms with van der Waals surface area (Å²) >= 11 is 0. The zero-order valence-electron chi connectivity index (χ0n) is 22.9. The fourth-order valence-electron chi connectivity index (χ4n) is 4.87. The molecule has 2 N–H and O–H groups in total. The van der Waals surface area contributed by atoms with Crippen LogP contribution in [-0.2, 0) is 27.4 Å². The van der Waals surface area contributed by atoms with E-state index in [1.54, 1.807) is 38.5 Å². The van der Waals surface area contributed by atoms with Crippen molar-refractivity contribution in [2.75, 3.05) is 40.5 Å². The maximum absolute atomic E-state index is 11.1. The smallest absolute Gasteiger partial charge is 0.124 e. The zero-order chi connectivity index (χ0) is 27.6. The van der Waals surface area contributed by atoms with Gasteiger partial charge in [0.05, 0.1) is 59.0 Å². The van der Waals surface area contributed by atoms with Gasteiger partial charge in [-0.2, -0.15) is 0 Å². The lowest BCUT2D eigenvalue weighted by molar-refractivity contribution is -0.150. The van der Waals surface area contributed by atoms with Crippen molar-refractivity contribution >= 4 is 0 Å². The minimum Gasteiger partial charge on any atom is -0.508 e. The first kappa shape index (κ1) is 28.9. The van der Waals surface area contributed by atoms with E-state index < -0.39 is 6.10 Å². The summed E-state index contributed by atoms with van der Waals surface area (Å²) in [4.78, 5) is 2.22. The Balaban J connectivity index is 1.40. The van der Waals surface area contributed by atoms with Crippen LogP contribution in [0.1, 0.15) is 29.7 Å². The molecule has 3 aromatic rings. The van der Waals surface area contributed by atoms with Crippen LogP contribution in [0.4, 0.5) is 0 Å². The number of hydrogen-bond acceptors (Lipinski definition) is 8. The van der Waals surface area contributed by atoms with Crippen molar-refractivity contribution in [3.8, 4) is 17.2 Å². The highest BCUT2D eigenvalue weighted by Crippen LogP contribution is 2.27. The van der Waals surface area contributed by atoms with Crippen LogP contribution in [0.5, 0.6) is 17.2 Å². The monoisotopic (exact) mass is 537 g/mol. The summed E-state index contributed by atoms with van der Waals surface area (Å²) in [5.41, 5.74) is 2.70. The third-order valence-corrected chi connectivity index (χ3v) is 7.04. The van der Waals surface area contributed by atoms with Gasteiger partial charge in [-0.05, 0) is 36.8 Å². The van der Waals surface area contributed by atoms with Crippen LogP contribution in [0.15, 0.2) is 72.8 Å². The standard InChI is InChI=1S/C31H39NO7/c1-22(31(34)23-12-14-26(33)15-13-23)32-16-27(20-37-18-24-8-4-6-10-29(24)35-2)39-28(17-32)21-38-19-25-9-5-7-11-30(25)36-3/h4-15,22,27-28,31,33-34H,16-21H2,1-3H3/t22-,27-,28-,31+/m0/s1. The van der Waals surface area contributed by atoms with Gasteiger partial charge in [0.1, 0.15) is 17.2 Å². The Hall–Kier alpha value is -3.14. The third-order valence-electron chi connectivity index (χ3n) is 7.04. The predicted molar refractivity (Wildman–Crippen MR) is 148 cm³/mol. The Bertz CT molecular complexity index is 1090. The summed E-state index contributed by atoms with van der Waals surface area (Å²) in [7, 11) is 3.30. The lowest BCUT2D eigenvalue weighted by Gasteiger charge is -2.42. The molecule has 8 heteroatoms. The van der Waals surface area contributed by atoms with E-state index in [1.807, 2.05) is 55.5 Å². The van der Waals surface area contributed by atoms with E-state index in [2.05, 4.69) is 4.90 Å². The Morgan fingerprint density at radius 2 is 1.28 bits per heavy atom. The van der Waals surface area contributed by atoms with Crippen molar-refractivity contribution in [3.63, 3.8) is 0 Å². The molecule has 8 nitrogen and oxygen atoms in total. The van der Waals surface area contributed by atoms with Gasteiger partial charge in [-0.1, -0.05) is 48.5 Å². The minimum atomic E-state index is -0.728. The van der Waals surface area contributed by atoms with Crippen molar-refractivity contribution < 1.29 is 33.9 Å². The second-order valence-corrected chi connectivity index (χ2v) is 9.76. The first-order valence-electron chi connectivity index (χ1n) is 13.2. The Morgan fingerprint density at radius 1 is 0.795 bits per heavy atom. The molecule has 0 unspecified atom stereocenters. The van der Waals surface area contributed by atoms with E-state index in [0.717, 1.165) is 28.2 Å². The molecular formula is C31H39NO7. The molecule has 0 radical (unpaired) electrons. The minimum absolute atomic E-state index is 0.171. The summed E-state index contributed by atoms with van der Waals surface area (Å²) in [6.07, 6.45) is -1.14. The van der Waals surface area contributed by atoms with E-state index >= 15 is 0 Å². The number of para-hydroxylation sites is 2. The number of phenolic OH excluding ortho intramolecular Hbond substituents is 1. The fraction of sp³-hybridized carbons (Fsp3) is 0.419. The van der Waals surface area contributed by atoms with Crippen molar-refractivity contribution in [3.05, 3.63) is 89.5 Å². The Kier molecular flexibility index (Phi) is 10.6. The fourth-order valence-corrected chi connectivity index (χ4v) is 4.87. The van der Waals surface area contributed by atoms with Crippen LogP contribution in [0, 0.1) is 0 Å². The highest BCUT2D eigenvalue weighted by molar-refractivity contribution is 5.33. The number of aliphatic hydroxyl groups is 1. The third kappa shape index (κ3) is 7.94. The molecule has 0 amide bonds. The van der Waals surface area contributed by atoms with Gasteiger partial charge in [0.15, 0.2) is 0 Å². The van der Waals surface area contributed by atoms with E-state index in [0.29, 0.717) is 39.5 Å². The predicted octanol–water partition coefficient (Wildman–Crippen LogP) is 4.33. The summed E-state index contributed by atoms with van der Waals surface area (Å²) < 4.78 is 29.4. The van der Waals surface area contributed by atoms with E-state index in [1.165, 1.54) is 0 Å². The molecule has 1 heterocycles. The van der Waals surface area contributed by atoms with Gasteiger partial charge in [-0.15, -0.1) is 0 Å². The van der Waals surface area contributed by atoms with Crippen LogP contribution in [0.2, 0.25) is 0 Å². The summed E-state index contributed by atoms with van der Waals surface area (Å²) in [6.45, 7) is 4.80.